The van der Waals surface area contributed by atoms with Crippen LogP contribution in [0.25, 0.3) is 0 Å². The highest BCUT2D eigenvalue weighted by Crippen LogP contribution is 2.23. The minimum atomic E-state index is -3.14. The molecule has 5 nitrogen and oxygen atoms in total. The second-order valence-electron chi connectivity index (χ2n) is 4.40. The molecule has 0 saturated carbocycles. The highest BCUT2D eigenvalue weighted by Gasteiger charge is 2.06. The fourth-order valence-corrected chi connectivity index (χ4v) is 1.77. The fraction of sp³-hybridized carbons (Fsp3) is 0.188. The van der Waals surface area contributed by atoms with E-state index in [4.69, 9.17) is 12.6 Å². The van der Waals surface area contributed by atoms with Gasteiger partial charge in [0.25, 0.3) is 0 Å². The number of carbonyl (C=O) groups is 1. The van der Waals surface area contributed by atoms with Gasteiger partial charge in [-0.05, 0) is 42.7 Å². The average molecular weight is 308 g/mol. The molecule has 0 aliphatic rings. The molecule has 116 valence electrons. The van der Waals surface area contributed by atoms with Crippen molar-refractivity contribution in [1.29, 1.82) is 0 Å². The van der Waals surface area contributed by atoms with E-state index in [0.717, 1.165) is 5.56 Å². The van der Waals surface area contributed by atoms with Crippen molar-refractivity contribution in [1.82, 2.24) is 0 Å². The highest BCUT2D eigenvalue weighted by atomic mass is 19.1. The van der Waals surface area contributed by atoms with E-state index >= 15 is 0 Å². The molecular weight excluding hydrogens is 285 g/mol. The van der Waals surface area contributed by atoms with Crippen LogP contribution in [0.1, 0.15) is 19.3 Å². The van der Waals surface area contributed by atoms with E-state index in [9.17, 15) is 9.18 Å². The molecule has 0 spiro atoms. The molecule has 0 aliphatic heterocycles. The van der Waals surface area contributed by atoms with Crippen molar-refractivity contribution in [2.45, 2.75) is 13.4 Å². The molecule has 2 rings (SSSR count). The molecule has 0 saturated heterocycles. The van der Waals surface area contributed by atoms with Crippen LogP contribution in [0, 0.1) is 5.82 Å². The first-order chi connectivity index (χ1) is 12.5. The molecule has 0 atom stereocenters. The molecule has 0 heterocycles. The average Bonchev–Trinajstić information content (AvgIpc) is 2.55. The van der Waals surface area contributed by atoms with Gasteiger partial charge in [0.15, 0.2) is 0 Å². The molecule has 4 N–H and O–H groups in total. The normalized spacial score (nSPS) is 14.7. The topological polar surface area (TPSA) is 76.4 Å². The highest BCUT2D eigenvalue weighted by molar-refractivity contribution is 5.89. The second-order valence-corrected chi connectivity index (χ2v) is 4.40. The summed E-state index contributed by atoms with van der Waals surface area (Å²) in [6.07, 6.45) is -1.28. The molecule has 0 aliphatic carbocycles. The summed E-state index contributed by atoms with van der Waals surface area (Å²) in [6.45, 7) is -5.83. The Hall–Kier alpha value is -2.76. The number of rotatable bonds is 5. The molecule has 0 radical (unpaired) electrons. The summed E-state index contributed by atoms with van der Waals surface area (Å²) < 4.78 is 52.8. The van der Waals surface area contributed by atoms with Crippen LogP contribution in [0.15, 0.2) is 42.5 Å². The summed E-state index contributed by atoms with van der Waals surface area (Å²) in [5.41, 5.74) is 7.62. The number of nitrogens with one attached hydrogen (secondary N) is 2. The molecule has 2 aromatic rings. The first-order valence-electron chi connectivity index (χ1n) is 8.86. The fourth-order valence-electron chi connectivity index (χ4n) is 1.77. The van der Waals surface area contributed by atoms with E-state index in [1.165, 1.54) is 24.3 Å². The predicted octanol–water partition coefficient (Wildman–Crippen LogP) is 3.59. The second kappa shape index (κ2) is 7.31. The van der Waals surface area contributed by atoms with Crippen LogP contribution < -0.4 is 16.4 Å². The smallest absolute Gasteiger partial charge is 0.411 e. The zero-order valence-corrected chi connectivity index (χ0v) is 11.5. The van der Waals surface area contributed by atoms with E-state index in [-0.39, 0.29) is 17.2 Å². The number of halogens is 1. The van der Waals surface area contributed by atoms with Gasteiger partial charge in [-0.15, -0.1) is 0 Å². The van der Waals surface area contributed by atoms with Crippen LogP contribution in [0.3, 0.4) is 0 Å². The molecule has 2 aromatic carbocycles. The van der Waals surface area contributed by atoms with Gasteiger partial charge in [-0.3, -0.25) is 5.32 Å². The summed E-state index contributed by atoms with van der Waals surface area (Å²) in [7, 11) is 0. The summed E-state index contributed by atoms with van der Waals surface area (Å²) in [5.74, 6) is -0.326. The Bertz CT molecular complexity index is 813. The van der Waals surface area contributed by atoms with Gasteiger partial charge in [0, 0.05) is 16.3 Å². The maximum atomic E-state index is 12.9. The van der Waals surface area contributed by atoms with Crippen molar-refractivity contribution in [3.05, 3.63) is 53.8 Å². The monoisotopic (exact) mass is 308 g/mol. The minimum Gasteiger partial charge on any atom is -0.450 e. The zero-order valence-electron chi connectivity index (χ0n) is 16.5. The molecular formula is C16H18FN3O2. The SMILES string of the molecule is [2H]C([2H])([2H])C([2H])([2H])OC(=O)Nc1ccc(NCc2ccc(F)cc2)cc1N. The number of nitrogen functional groups attached to an aromatic ring is 1. The van der Waals surface area contributed by atoms with Gasteiger partial charge in [0.1, 0.15) is 5.82 Å². The van der Waals surface area contributed by atoms with Gasteiger partial charge in [-0.25, -0.2) is 9.18 Å². The lowest BCUT2D eigenvalue weighted by atomic mass is 10.2. The maximum Gasteiger partial charge on any atom is 0.411 e. The largest absolute Gasteiger partial charge is 0.450 e. The Balaban J connectivity index is 1.97. The Kier molecular flexibility index (Phi) is 3.34. The van der Waals surface area contributed by atoms with Crippen molar-refractivity contribution < 1.29 is 20.8 Å². The molecule has 0 aromatic heterocycles. The van der Waals surface area contributed by atoms with Crippen molar-refractivity contribution in [2.24, 2.45) is 0 Å². The number of amides is 1. The number of carbonyl (C=O) groups excluding carboxylic acids is 1. The molecule has 0 unspecified atom stereocenters. The van der Waals surface area contributed by atoms with Crippen LogP contribution in [-0.2, 0) is 11.3 Å². The van der Waals surface area contributed by atoms with E-state index in [1.807, 2.05) is 0 Å². The van der Waals surface area contributed by atoms with Gasteiger partial charge in [-0.1, -0.05) is 12.1 Å². The standard InChI is InChI=1S/C16H18FN3O2/c1-2-22-16(21)20-15-8-7-13(9-14(15)18)19-10-11-3-5-12(17)6-4-11/h3-9,19H,2,10,18H2,1H3,(H,20,21)/i1D3,2D2. The Morgan fingerprint density at radius 1 is 1.36 bits per heavy atom. The zero-order chi connectivity index (χ0) is 20.2. The number of hydrogen-bond donors (Lipinski definition) is 3. The molecule has 22 heavy (non-hydrogen) atoms. The predicted molar refractivity (Wildman–Crippen MR) is 85.2 cm³/mol. The molecule has 6 heteroatoms. The van der Waals surface area contributed by atoms with Gasteiger partial charge in [-0.2, -0.15) is 0 Å². The van der Waals surface area contributed by atoms with Crippen molar-refractivity contribution >= 4 is 23.2 Å². The third kappa shape index (κ3) is 4.37. The van der Waals surface area contributed by atoms with Gasteiger partial charge >= 0.3 is 6.09 Å². The Morgan fingerprint density at radius 3 is 2.82 bits per heavy atom. The van der Waals surface area contributed by atoms with Crippen LogP contribution in [0.5, 0.6) is 0 Å². The number of anilines is 3. The quantitative estimate of drug-likeness (QED) is 0.738. The molecule has 1 amide bonds. The summed E-state index contributed by atoms with van der Waals surface area (Å²) >= 11 is 0. The third-order valence-electron chi connectivity index (χ3n) is 2.84. The van der Waals surface area contributed by atoms with Gasteiger partial charge < -0.3 is 15.8 Å². The number of nitrogens with two attached hydrogens (primary N) is 1. The van der Waals surface area contributed by atoms with Gasteiger partial charge in [0.2, 0.25) is 0 Å². The summed E-state index contributed by atoms with van der Waals surface area (Å²) in [5, 5.41) is 5.28. The lowest BCUT2D eigenvalue weighted by molar-refractivity contribution is 0.168. The van der Waals surface area contributed by atoms with E-state index in [2.05, 4.69) is 15.4 Å². The minimum absolute atomic E-state index is 0.133. The first kappa shape index (κ1) is 10.0. The van der Waals surface area contributed by atoms with Crippen molar-refractivity contribution in [2.75, 3.05) is 22.9 Å². The van der Waals surface area contributed by atoms with Crippen LogP contribution in [-0.4, -0.2) is 12.7 Å². The Morgan fingerprint density at radius 2 is 2.14 bits per heavy atom. The Labute approximate surface area is 135 Å². The number of hydrogen-bond acceptors (Lipinski definition) is 4. The maximum absolute atomic E-state index is 12.9. The third-order valence-corrected chi connectivity index (χ3v) is 2.84. The van der Waals surface area contributed by atoms with Crippen LogP contribution in [0.2, 0.25) is 0 Å². The summed E-state index contributed by atoms with van der Waals surface area (Å²) in [6, 6.07) is 10.6. The first-order valence-corrected chi connectivity index (χ1v) is 6.36. The summed E-state index contributed by atoms with van der Waals surface area (Å²) in [4.78, 5) is 11.7. The van der Waals surface area contributed by atoms with Gasteiger partial charge in [0.05, 0.1) is 20.7 Å². The van der Waals surface area contributed by atoms with E-state index in [0.29, 0.717) is 12.2 Å². The lowest BCUT2D eigenvalue weighted by Gasteiger charge is -2.11. The van der Waals surface area contributed by atoms with Crippen LogP contribution >= 0.6 is 0 Å². The van der Waals surface area contributed by atoms with E-state index < -0.39 is 19.5 Å². The van der Waals surface area contributed by atoms with E-state index in [1.54, 1.807) is 18.2 Å². The molecule has 0 fully saturated rings. The lowest BCUT2D eigenvalue weighted by Crippen LogP contribution is -2.14. The van der Waals surface area contributed by atoms with Crippen molar-refractivity contribution in [3.63, 3.8) is 0 Å². The van der Waals surface area contributed by atoms with Crippen molar-refractivity contribution in [3.8, 4) is 0 Å². The van der Waals surface area contributed by atoms with Crippen LogP contribution in [0.4, 0.5) is 26.2 Å². The molecule has 0 bridgehead atoms. The number of benzene rings is 2. The number of ether oxygens (including phenoxy) is 1.